The molecule has 0 unspecified atom stereocenters. The molecule has 7 heteroatoms. The van der Waals surface area contributed by atoms with E-state index in [0.717, 1.165) is 0 Å². The van der Waals surface area contributed by atoms with E-state index in [1.54, 1.807) is 31.3 Å². The summed E-state index contributed by atoms with van der Waals surface area (Å²) >= 11 is 0. The highest BCUT2D eigenvalue weighted by molar-refractivity contribution is 5.93. The van der Waals surface area contributed by atoms with Crippen molar-refractivity contribution in [2.75, 3.05) is 19.0 Å². The number of ether oxygens (including phenoxy) is 1. The summed E-state index contributed by atoms with van der Waals surface area (Å²) in [6.45, 7) is 1.17. The molecule has 0 atom stereocenters. The number of likely N-dealkylation sites (N-methyl/N-ethyl adjacent to an activating group) is 1. The molecule has 2 amide bonds. The largest absolute Gasteiger partial charge is 0.452 e. The number of halogens is 1. The van der Waals surface area contributed by atoms with E-state index in [4.69, 9.17) is 4.74 Å². The van der Waals surface area contributed by atoms with Crippen molar-refractivity contribution in [2.45, 2.75) is 13.5 Å². The molecule has 0 saturated heterocycles. The van der Waals surface area contributed by atoms with Crippen LogP contribution in [-0.2, 0) is 20.9 Å². The molecule has 6 nitrogen and oxygen atoms in total. The van der Waals surface area contributed by atoms with Crippen molar-refractivity contribution in [2.24, 2.45) is 0 Å². The van der Waals surface area contributed by atoms with Gasteiger partial charge in [0.1, 0.15) is 5.82 Å². The summed E-state index contributed by atoms with van der Waals surface area (Å²) in [5.41, 5.74) is 1.46. The standard InChI is InChI=1S/C19H19FN2O4/c1-13(23)21-17-8-6-15(7-9-17)19(25)26-12-18(24)22(2)11-14-4-3-5-16(20)10-14/h3-10H,11-12H2,1-2H3,(H,21,23). The number of esters is 1. The van der Waals surface area contributed by atoms with Crippen LogP contribution in [0.15, 0.2) is 48.5 Å². The van der Waals surface area contributed by atoms with Gasteiger partial charge >= 0.3 is 5.97 Å². The zero-order valence-electron chi connectivity index (χ0n) is 14.5. The van der Waals surface area contributed by atoms with Crippen LogP contribution in [0, 0.1) is 5.82 Å². The van der Waals surface area contributed by atoms with Gasteiger partial charge in [-0.2, -0.15) is 0 Å². The van der Waals surface area contributed by atoms with Crippen LogP contribution in [0.2, 0.25) is 0 Å². The van der Waals surface area contributed by atoms with Crippen LogP contribution in [-0.4, -0.2) is 36.3 Å². The molecule has 2 aromatic carbocycles. The number of carbonyl (C=O) groups excluding carboxylic acids is 3. The lowest BCUT2D eigenvalue weighted by atomic mass is 10.2. The Kier molecular flexibility index (Phi) is 6.43. The van der Waals surface area contributed by atoms with Gasteiger partial charge in [0, 0.05) is 26.2 Å². The van der Waals surface area contributed by atoms with Gasteiger partial charge in [-0.25, -0.2) is 9.18 Å². The molecule has 136 valence electrons. The normalized spacial score (nSPS) is 10.1. The molecule has 0 aliphatic heterocycles. The molecule has 0 bridgehead atoms. The second-order valence-corrected chi connectivity index (χ2v) is 5.71. The average Bonchev–Trinajstić information content (AvgIpc) is 2.59. The van der Waals surface area contributed by atoms with Gasteiger partial charge in [-0.15, -0.1) is 0 Å². The lowest BCUT2D eigenvalue weighted by molar-refractivity contribution is -0.133. The van der Waals surface area contributed by atoms with E-state index in [2.05, 4.69) is 5.32 Å². The molecule has 0 spiro atoms. The Labute approximate surface area is 150 Å². The second kappa shape index (κ2) is 8.75. The predicted octanol–water partition coefficient (Wildman–Crippen LogP) is 2.60. The van der Waals surface area contributed by atoms with Crippen molar-refractivity contribution < 1.29 is 23.5 Å². The number of nitrogens with one attached hydrogen (secondary N) is 1. The van der Waals surface area contributed by atoms with Crippen molar-refractivity contribution in [1.82, 2.24) is 4.90 Å². The molecule has 0 heterocycles. The van der Waals surface area contributed by atoms with Crippen LogP contribution in [0.3, 0.4) is 0 Å². The first-order chi connectivity index (χ1) is 12.3. The zero-order valence-corrected chi connectivity index (χ0v) is 14.5. The summed E-state index contributed by atoms with van der Waals surface area (Å²) in [7, 11) is 1.54. The van der Waals surface area contributed by atoms with Gasteiger partial charge < -0.3 is 15.0 Å². The van der Waals surface area contributed by atoms with Crippen molar-refractivity contribution in [3.05, 3.63) is 65.5 Å². The number of hydrogen-bond donors (Lipinski definition) is 1. The first-order valence-electron chi connectivity index (χ1n) is 7.88. The molecule has 1 N–H and O–H groups in total. The molecule has 0 fully saturated rings. The molecule has 2 aromatic rings. The molecule has 0 aliphatic carbocycles. The van der Waals surface area contributed by atoms with E-state index in [0.29, 0.717) is 11.3 Å². The minimum absolute atomic E-state index is 0.208. The molecule has 0 saturated carbocycles. The molecule has 0 aromatic heterocycles. The highest BCUT2D eigenvalue weighted by Gasteiger charge is 2.14. The molecular weight excluding hydrogens is 339 g/mol. The Balaban J connectivity index is 1.85. The summed E-state index contributed by atoms with van der Waals surface area (Å²) in [6.07, 6.45) is 0. The lowest BCUT2D eigenvalue weighted by Crippen LogP contribution is -2.30. The summed E-state index contributed by atoms with van der Waals surface area (Å²) in [4.78, 5) is 36.3. The van der Waals surface area contributed by atoms with E-state index < -0.39 is 18.5 Å². The monoisotopic (exact) mass is 358 g/mol. The average molecular weight is 358 g/mol. The van der Waals surface area contributed by atoms with Gasteiger partial charge in [-0.1, -0.05) is 12.1 Å². The van der Waals surface area contributed by atoms with Gasteiger partial charge in [-0.05, 0) is 42.0 Å². The van der Waals surface area contributed by atoms with Gasteiger partial charge in [0.05, 0.1) is 5.56 Å². The predicted molar refractivity (Wildman–Crippen MR) is 93.9 cm³/mol. The second-order valence-electron chi connectivity index (χ2n) is 5.71. The molecule has 26 heavy (non-hydrogen) atoms. The van der Waals surface area contributed by atoms with Crippen molar-refractivity contribution in [3.63, 3.8) is 0 Å². The van der Waals surface area contributed by atoms with Crippen LogP contribution in [0.4, 0.5) is 10.1 Å². The maximum Gasteiger partial charge on any atom is 0.338 e. The highest BCUT2D eigenvalue weighted by atomic mass is 19.1. The fourth-order valence-electron chi connectivity index (χ4n) is 2.21. The Morgan fingerprint density at radius 2 is 1.81 bits per heavy atom. The third-order valence-corrected chi connectivity index (χ3v) is 3.50. The number of hydrogen-bond acceptors (Lipinski definition) is 4. The Morgan fingerprint density at radius 3 is 2.42 bits per heavy atom. The van der Waals surface area contributed by atoms with E-state index in [-0.39, 0.29) is 23.8 Å². The summed E-state index contributed by atoms with van der Waals surface area (Å²) in [6, 6.07) is 12.1. The minimum Gasteiger partial charge on any atom is -0.452 e. The fraction of sp³-hybridized carbons (Fsp3) is 0.211. The molecule has 0 radical (unpaired) electrons. The summed E-state index contributed by atoms with van der Waals surface area (Å²) < 4.78 is 18.2. The van der Waals surface area contributed by atoms with E-state index in [1.807, 2.05) is 0 Å². The first kappa shape index (κ1) is 19.1. The molecule has 0 aliphatic rings. The van der Waals surface area contributed by atoms with Crippen LogP contribution in [0.5, 0.6) is 0 Å². The number of rotatable bonds is 6. The summed E-state index contributed by atoms with van der Waals surface area (Å²) in [5, 5.41) is 2.58. The summed E-state index contributed by atoms with van der Waals surface area (Å²) in [5.74, 6) is -1.64. The van der Waals surface area contributed by atoms with Crippen LogP contribution >= 0.6 is 0 Å². The zero-order chi connectivity index (χ0) is 19.1. The van der Waals surface area contributed by atoms with Gasteiger partial charge in [0.2, 0.25) is 5.91 Å². The fourth-order valence-corrected chi connectivity index (χ4v) is 2.21. The number of amides is 2. The van der Waals surface area contributed by atoms with Crippen molar-refractivity contribution >= 4 is 23.5 Å². The van der Waals surface area contributed by atoms with Crippen LogP contribution < -0.4 is 5.32 Å². The van der Waals surface area contributed by atoms with Crippen LogP contribution in [0.1, 0.15) is 22.8 Å². The Hall–Kier alpha value is -3.22. The van der Waals surface area contributed by atoms with E-state index >= 15 is 0 Å². The quantitative estimate of drug-likeness (QED) is 0.806. The van der Waals surface area contributed by atoms with Gasteiger partial charge in [-0.3, -0.25) is 9.59 Å². The van der Waals surface area contributed by atoms with Crippen molar-refractivity contribution in [3.8, 4) is 0 Å². The Morgan fingerprint density at radius 1 is 1.12 bits per heavy atom. The van der Waals surface area contributed by atoms with Crippen LogP contribution in [0.25, 0.3) is 0 Å². The maximum absolute atomic E-state index is 13.2. The molecule has 2 rings (SSSR count). The number of benzene rings is 2. The molecular formula is C19H19FN2O4. The number of anilines is 1. The highest BCUT2D eigenvalue weighted by Crippen LogP contribution is 2.11. The van der Waals surface area contributed by atoms with Gasteiger partial charge in [0.15, 0.2) is 6.61 Å². The van der Waals surface area contributed by atoms with E-state index in [1.165, 1.54) is 36.1 Å². The van der Waals surface area contributed by atoms with Crippen molar-refractivity contribution in [1.29, 1.82) is 0 Å². The maximum atomic E-state index is 13.2. The lowest BCUT2D eigenvalue weighted by Gasteiger charge is -2.17. The first-order valence-corrected chi connectivity index (χ1v) is 7.88. The Bertz CT molecular complexity index is 805. The smallest absolute Gasteiger partial charge is 0.338 e. The van der Waals surface area contributed by atoms with Gasteiger partial charge in [0.25, 0.3) is 5.91 Å². The topological polar surface area (TPSA) is 75.7 Å². The minimum atomic E-state index is -0.646. The third kappa shape index (κ3) is 5.70. The van der Waals surface area contributed by atoms with E-state index in [9.17, 15) is 18.8 Å². The third-order valence-electron chi connectivity index (χ3n) is 3.50. The number of nitrogens with zero attached hydrogens (tertiary/aromatic N) is 1. The number of carbonyl (C=O) groups is 3. The SMILES string of the molecule is CC(=O)Nc1ccc(C(=O)OCC(=O)N(C)Cc2cccc(F)c2)cc1.